The maximum atomic E-state index is 4.73. The minimum atomic E-state index is 0. The highest BCUT2D eigenvalue weighted by Gasteiger charge is 2.19. The second-order valence-electron chi connectivity index (χ2n) is 6.56. The van der Waals surface area contributed by atoms with E-state index in [4.69, 9.17) is 4.99 Å². The summed E-state index contributed by atoms with van der Waals surface area (Å²) in [6.07, 6.45) is 7.00. The molecule has 0 amide bonds. The van der Waals surface area contributed by atoms with Crippen LogP contribution in [0.3, 0.4) is 0 Å². The molecule has 7 nitrogen and oxygen atoms in total. The lowest BCUT2D eigenvalue weighted by Gasteiger charge is -2.32. The van der Waals surface area contributed by atoms with E-state index in [1.54, 1.807) is 0 Å². The fourth-order valence-electron chi connectivity index (χ4n) is 3.28. The summed E-state index contributed by atoms with van der Waals surface area (Å²) in [4.78, 5) is 7.16. The molecule has 2 aromatic rings. The molecule has 3 rings (SSSR count). The monoisotopic (exact) mass is 483 g/mol. The standard InChI is InChI=1S/C19H29N7.HI/c1-3-12-25-14-9-16(10-15-25)22-19(20-4-2)21-11-8-18-24-23-17-7-5-6-13-26(17)18;/h3,5-7,13,16H,1,4,8-12,14-15H2,2H3,(H2,20,21,22);1H. The number of hydrogen-bond donors (Lipinski definition) is 2. The Hall–Kier alpha value is -1.68. The number of nitrogens with one attached hydrogen (secondary N) is 2. The van der Waals surface area contributed by atoms with E-state index in [1.807, 2.05) is 34.9 Å². The van der Waals surface area contributed by atoms with Crippen LogP contribution in [0.5, 0.6) is 0 Å². The molecule has 1 aliphatic heterocycles. The summed E-state index contributed by atoms with van der Waals surface area (Å²) in [6.45, 7) is 10.6. The van der Waals surface area contributed by atoms with Crippen molar-refractivity contribution >= 4 is 35.6 Å². The average molecular weight is 483 g/mol. The summed E-state index contributed by atoms with van der Waals surface area (Å²) in [6, 6.07) is 6.40. The Labute approximate surface area is 178 Å². The van der Waals surface area contributed by atoms with Gasteiger partial charge in [-0.3, -0.25) is 14.3 Å². The topological polar surface area (TPSA) is 69.8 Å². The Morgan fingerprint density at radius 2 is 2.15 bits per heavy atom. The zero-order chi connectivity index (χ0) is 18.2. The maximum Gasteiger partial charge on any atom is 0.191 e. The van der Waals surface area contributed by atoms with Crippen molar-refractivity contribution in [3.05, 3.63) is 42.9 Å². The summed E-state index contributed by atoms with van der Waals surface area (Å²) in [5, 5.41) is 15.4. The van der Waals surface area contributed by atoms with Gasteiger partial charge >= 0.3 is 0 Å². The minimum absolute atomic E-state index is 0. The first-order valence-electron chi connectivity index (χ1n) is 9.47. The number of hydrogen-bond acceptors (Lipinski definition) is 4. The predicted octanol–water partition coefficient (Wildman–Crippen LogP) is 2.10. The van der Waals surface area contributed by atoms with E-state index < -0.39 is 0 Å². The molecule has 1 fully saturated rings. The summed E-state index contributed by atoms with van der Waals surface area (Å²) in [5.41, 5.74) is 0.878. The Morgan fingerprint density at radius 1 is 1.33 bits per heavy atom. The molecule has 2 N–H and O–H groups in total. The lowest BCUT2D eigenvalue weighted by molar-refractivity contribution is 0.225. The van der Waals surface area contributed by atoms with E-state index in [-0.39, 0.29) is 24.0 Å². The molecule has 1 aliphatic rings. The third-order valence-corrected chi connectivity index (χ3v) is 4.65. The highest BCUT2D eigenvalue weighted by molar-refractivity contribution is 14.0. The average Bonchev–Trinajstić information content (AvgIpc) is 3.07. The Bertz CT molecular complexity index is 734. The van der Waals surface area contributed by atoms with Crippen molar-refractivity contribution in [3.8, 4) is 0 Å². The van der Waals surface area contributed by atoms with Crippen LogP contribution in [0.1, 0.15) is 25.6 Å². The summed E-state index contributed by atoms with van der Waals surface area (Å²) in [5.74, 6) is 1.83. The van der Waals surface area contributed by atoms with Gasteiger partial charge in [-0.1, -0.05) is 12.1 Å². The first-order valence-corrected chi connectivity index (χ1v) is 9.47. The molecule has 148 valence electrons. The Balaban J connectivity index is 0.00000261. The van der Waals surface area contributed by atoms with Gasteiger partial charge in [-0.15, -0.1) is 40.8 Å². The van der Waals surface area contributed by atoms with E-state index in [9.17, 15) is 0 Å². The predicted molar refractivity (Wildman–Crippen MR) is 121 cm³/mol. The molecule has 1 saturated heterocycles. The van der Waals surface area contributed by atoms with Crippen molar-refractivity contribution in [2.45, 2.75) is 32.2 Å². The van der Waals surface area contributed by atoms with Crippen LogP contribution in [0.25, 0.3) is 5.65 Å². The molecule has 0 aliphatic carbocycles. The molecular weight excluding hydrogens is 453 g/mol. The molecule has 0 bridgehead atoms. The lowest BCUT2D eigenvalue weighted by Crippen LogP contribution is -2.48. The van der Waals surface area contributed by atoms with Crippen LogP contribution in [0.15, 0.2) is 42.0 Å². The smallest absolute Gasteiger partial charge is 0.191 e. The van der Waals surface area contributed by atoms with Crippen LogP contribution >= 0.6 is 24.0 Å². The van der Waals surface area contributed by atoms with E-state index in [0.29, 0.717) is 12.6 Å². The van der Waals surface area contributed by atoms with Gasteiger partial charge in [0.05, 0.1) is 0 Å². The van der Waals surface area contributed by atoms with E-state index in [0.717, 1.165) is 62.9 Å². The number of aliphatic imine (C=N–C) groups is 1. The molecule has 0 atom stereocenters. The third kappa shape index (κ3) is 6.17. The molecule has 3 heterocycles. The van der Waals surface area contributed by atoms with Crippen molar-refractivity contribution < 1.29 is 0 Å². The molecule has 0 radical (unpaired) electrons. The van der Waals surface area contributed by atoms with E-state index in [1.165, 1.54) is 0 Å². The Morgan fingerprint density at radius 3 is 2.89 bits per heavy atom. The van der Waals surface area contributed by atoms with Crippen molar-refractivity contribution in [2.24, 2.45) is 4.99 Å². The van der Waals surface area contributed by atoms with Crippen molar-refractivity contribution in [1.82, 2.24) is 30.1 Å². The van der Waals surface area contributed by atoms with Gasteiger partial charge in [0.1, 0.15) is 5.82 Å². The van der Waals surface area contributed by atoms with Gasteiger partial charge in [-0.2, -0.15) is 0 Å². The normalized spacial score (nSPS) is 16.1. The zero-order valence-electron chi connectivity index (χ0n) is 16.0. The first kappa shape index (κ1) is 21.6. The van der Waals surface area contributed by atoms with Gasteiger partial charge in [-0.25, -0.2) is 0 Å². The van der Waals surface area contributed by atoms with E-state index in [2.05, 4.69) is 39.2 Å². The quantitative estimate of drug-likeness (QED) is 0.273. The van der Waals surface area contributed by atoms with Crippen molar-refractivity contribution in [3.63, 3.8) is 0 Å². The number of piperidine rings is 1. The summed E-state index contributed by atoms with van der Waals surface area (Å²) < 4.78 is 2.02. The van der Waals surface area contributed by atoms with Gasteiger partial charge in [0.2, 0.25) is 0 Å². The lowest BCUT2D eigenvalue weighted by atomic mass is 10.1. The number of nitrogens with zero attached hydrogens (tertiary/aromatic N) is 5. The first-order chi connectivity index (χ1) is 12.8. The highest BCUT2D eigenvalue weighted by atomic mass is 127. The van der Waals surface area contributed by atoms with Gasteiger partial charge in [-0.05, 0) is 31.9 Å². The summed E-state index contributed by atoms with van der Waals surface area (Å²) in [7, 11) is 0. The number of pyridine rings is 1. The number of rotatable bonds is 7. The fourth-order valence-corrected chi connectivity index (χ4v) is 3.28. The number of fused-ring (bicyclic) bond motifs is 1. The van der Waals surface area contributed by atoms with Crippen LogP contribution in [0, 0.1) is 0 Å². The molecule has 2 aromatic heterocycles. The molecule has 0 unspecified atom stereocenters. The van der Waals surface area contributed by atoms with Gasteiger partial charge in [0.25, 0.3) is 0 Å². The van der Waals surface area contributed by atoms with Gasteiger partial charge < -0.3 is 10.6 Å². The second-order valence-corrected chi connectivity index (χ2v) is 6.56. The Kier molecular flexibility index (Phi) is 8.99. The SMILES string of the molecule is C=CCN1CCC(NC(=NCCc2nnc3ccccn23)NCC)CC1.I. The van der Waals surface area contributed by atoms with E-state index >= 15 is 0 Å². The van der Waals surface area contributed by atoms with Crippen LogP contribution < -0.4 is 10.6 Å². The third-order valence-electron chi connectivity index (χ3n) is 4.65. The van der Waals surface area contributed by atoms with Crippen LogP contribution in [0.2, 0.25) is 0 Å². The van der Waals surface area contributed by atoms with Crippen LogP contribution in [-0.4, -0.2) is 64.2 Å². The number of guanidine groups is 1. The molecule has 0 spiro atoms. The number of likely N-dealkylation sites (tertiary alicyclic amines) is 1. The number of halogens is 1. The fraction of sp³-hybridized carbons (Fsp3) is 0.526. The van der Waals surface area contributed by atoms with Crippen molar-refractivity contribution in [1.29, 1.82) is 0 Å². The van der Waals surface area contributed by atoms with Gasteiger partial charge in [0.15, 0.2) is 11.6 Å². The molecular formula is C19H30IN7. The molecule has 0 aromatic carbocycles. The highest BCUT2D eigenvalue weighted by Crippen LogP contribution is 2.10. The van der Waals surface area contributed by atoms with Crippen LogP contribution in [0.4, 0.5) is 0 Å². The zero-order valence-corrected chi connectivity index (χ0v) is 18.3. The van der Waals surface area contributed by atoms with Gasteiger partial charge in [0, 0.05) is 51.4 Å². The summed E-state index contributed by atoms with van der Waals surface area (Å²) >= 11 is 0. The van der Waals surface area contributed by atoms with Crippen molar-refractivity contribution in [2.75, 3.05) is 32.7 Å². The second kappa shape index (κ2) is 11.2. The van der Waals surface area contributed by atoms with Crippen LogP contribution in [-0.2, 0) is 6.42 Å². The molecule has 0 saturated carbocycles. The number of aromatic nitrogens is 3. The maximum absolute atomic E-state index is 4.73. The minimum Gasteiger partial charge on any atom is -0.357 e. The largest absolute Gasteiger partial charge is 0.357 e. The molecule has 8 heteroatoms. The molecule has 27 heavy (non-hydrogen) atoms.